The molecule has 0 saturated carbocycles. The fourth-order valence-corrected chi connectivity index (χ4v) is 2.12. The molecule has 21 heavy (non-hydrogen) atoms. The van der Waals surface area contributed by atoms with Gasteiger partial charge in [0.2, 0.25) is 0 Å². The van der Waals surface area contributed by atoms with Crippen LogP contribution >= 0.6 is 12.4 Å². The van der Waals surface area contributed by atoms with Crippen molar-refractivity contribution in [2.45, 2.75) is 18.6 Å². The Morgan fingerprint density at radius 1 is 0.952 bits per heavy atom. The quantitative estimate of drug-likeness (QED) is 0.592. The van der Waals surface area contributed by atoms with Gasteiger partial charge in [-0.1, -0.05) is 30.3 Å². The predicted molar refractivity (Wildman–Crippen MR) is 81.8 cm³/mol. The SMILES string of the molecule is Cl.N[C@@H](c1c(O)cc(O)cc1O)[C@H](O)Cc1ccccc1. The first-order chi connectivity index (χ1) is 9.49. The Morgan fingerprint density at radius 3 is 2.00 bits per heavy atom. The highest BCUT2D eigenvalue weighted by atomic mass is 35.5. The van der Waals surface area contributed by atoms with Crippen LogP contribution in [0.15, 0.2) is 42.5 Å². The molecule has 0 saturated heterocycles. The number of aliphatic hydroxyl groups excluding tert-OH is 1. The molecule has 0 heterocycles. The molecule has 0 spiro atoms. The largest absolute Gasteiger partial charge is 0.508 e. The summed E-state index contributed by atoms with van der Waals surface area (Å²) in [4.78, 5) is 0. The number of hydrogen-bond acceptors (Lipinski definition) is 5. The second kappa shape index (κ2) is 7.17. The number of phenolic OH excluding ortho intramolecular Hbond substituents is 3. The molecule has 6 heteroatoms. The van der Waals surface area contributed by atoms with Gasteiger partial charge >= 0.3 is 0 Å². The van der Waals surface area contributed by atoms with Gasteiger partial charge in [-0.2, -0.15) is 0 Å². The molecule has 0 aliphatic carbocycles. The normalized spacial score (nSPS) is 13.2. The Labute approximate surface area is 128 Å². The minimum absolute atomic E-state index is 0. The maximum absolute atomic E-state index is 10.1. The lowest BCUT2D eigenvalue weighted by Gasteiger charge is -2.21. The Bertz CT molecular complexity index is 568. The summed E-state index contributed by atoms with van der Waals surface area (Å²) in [5.41, 5.74) is 6.80. The van der Waals surface area contributed by atoms with Crippen LogP contribution in [0.25, 0.3) is 0 Å². The van der Waals surface area contributed by atoms with E-state index in [0.717, 1.165) is 17.7 Å². The average molecular weight is 312 g/mol. The van der Waals surface area contributed by atoms with E-state index in [1.165, 1.54) is 0 Å². The second-order valence-electron chi connectivity index (χ2n) is 4.68. The van der Waals surface area contributed by atoms with Gasteiger partial charge in [-0.05, 0) is 5.56 Å². The van der Waals surface area contributed by atoms with Crippen LogP contribution in [0.1, 0.15) is 17.2 Å². The minimum atomic E-state index is -0.973. The smallest absolute Gasteiger partial charge is 0.127 e. The van der Waals surface area contributed by atoms with E-state index >= 15 is 0 Å². The molecule has 0 bridgehead atoms. The Hall–Kier alpha value is -1.95. The second-order valence-corrected chi connectivity index (χ2v) is 4.68. The van der Waals surface area contributed by atoms with Crippen molar-refractivity contribution in [3.63, 3.8) is 0 Å². The van der Waals surface area contributed by atoms with Crippen LogP contribution in [-0.2, 0) is 6.42 Å². The zero-order chi connectivity index (χ0) is 14.7. The number of aromatic hydroxyl groups is 3. The average Bonchev–Trinajstić information content (AvgIpc) is 2.38. The van der Waals surface area contributed by atoms with Crippen LogP contribution in [0, 0.1) is 0 Å². The molecule has 0 radical (unpaired) electrons. The van der Waals surface area contributed by atoms with Crippen molar-refractivity contribution < 1.29 is 20.4 Å². The van der Waals surface area contributed by atoms with E-state index in [9.17, 15) is 20.4 Å². The summed E-state index contributed by atoms with van der Waals surface area (Å²) in [5, 5.41) is 38.9. The van der Waals surface area contributed by atoms with Crippen molar-refractivity contribution in [3.8, 4) is 17.2 Å². The number of hydrogen-bond donors (Lipinski definition) is 5. The number of nitrogens with two attached hydrogens (primary N) is 1. The molecular formula is C15H18ClNO4. The van der Waals surface area contributed by atoms with Crippen LogP contribution in [0.4, 0.5) is 0 Å². The summed E-state index contributed by atoms with van der Waals surface area (Å²) in [6, 6.07) is 10.5. The minimum Gasteiger partial charge on any atom is -0.508 e. The summed E-state index contributed by atoms with van der Waals surface area (Å²) < 4.78 is 0. The molecule has 2 aromatic rings. The molecule has 0 unspecified atom stereocenters. The zero-order valence-corrected chi connectivity index (χ0v) is 12.0. The maximum Gasteiger partial charge on any atom is 0.127 e. The van der Waals surface area contributed by atoms with Crippen LogP contribution in [-0.4, -0.2) is 26.5 Å². The lowest BCUT2D eigenvalue weighted by molar-refractivity contribution is 0.142. The van der Waals surface area contributed by atoms with Gasteiger partial charge in [-0.25, -0.2) is 0 Å². The lowest BCUT2D eigenvalue weighted by Crippen LogP contribution is -2.28. The molecular weight excluding hydrogens is 294 g/mol. The van der Waals surface area contributed by atoms with Gasteiger partial charge in [0.05, 0.1) is 17.7 Å². The molecule has 2 atom stereocenters. The molecule has 2 rings (SSSR count). The lowest BCUT2D eigenvalue weighted by atomic mass is 9.95. The van der Waals surface area contributed by atoms with Crippen molar-refractivity contribution in [1.29, 1.82) is 0 Å². The Kier molecular flexibility index (Phi) is 5.84. The zero-order valence-electron chi connectivity index (χ0n) is 11.2. The molecule has 0 amide bonds. The molecule has 2 aromatic carbocycles. The summed E-state index contributed by atoms with van der Waals surface area (Å²) in [7, 11) is 0. The fourth-order valence-electron chi connectivity index (χ4n) is 2.12. The Morgan fingerprint density at radius 2 is 1.48 bits per heavy atom. The van der Waals surface area contributed by atoms with Gasteiger partial charge < -0.3 is 26.2 Å². The van der Waals surface area contributed by atoms with Gasteiger partial charge in [0.25, 0.3) is 0 Å². The molecule has 0 fully saturated rings. The molecule has 0 aromatic heterocycles. The standard InChI is InChI=1S/C15H17NO4.ClH/c16-15(13(20)6-9-4-2-1-3-5-9)14-11(18)7-10(17)8-12(14)19;/h1-5,7-8,13,15,17-20H,6,16H2;1H/t13-,15-;/m1./s1. The summed E-state index contributed by atoms with van der Waals surface area (Å²) in [6.45, 7) is 0. The first-order valence-corrected chi connectivity index (χ1v) is 6.21. The van der Waals surface area contributed by atoms with E-state index in [4.69, 9.17) is 5.73 Å². The third-order valence-corrected chi connectivity index (χ3v) is 3.16. The van der Waals surface area contributed by atoms with Crippen molar-refractivity contribution in [2.24, 2.45) is 5.73 Å². The monoisotopic (exact) mass is 311 g/mol. The van der Waals surface area contributed by atoms with Crippen molar-refractivity contribution in [2.75, 3.05) is 0 Å². The summed E-state index contributed by atoms with van der Waals surface area (Å²) in [5.74, 6) is -0.960. The third-order valence-electron chi connectivity index (χ3n) is 3.16. The maximum atomic E-state index is 10.1. The number of rotatable bonds is 4. The molecule has 0 aliphatic heterocycles. The highest BCUT2D eigenvalue weighted by molar-refractivity contribution is 5.85. The number of phenols is 3. The van der Waals surface area contributed by atoms with Crippen LogP contribution in [0.3, 0.4) is 0 Å². The first-order valence-electron chi connectivity index (χ1n) is 6.21. The van der Waals surface area contributed by atoms with E-state index < -0.39 is 12.1 Å². The highest BCUT2D eigenvalue weighted by Gasteiger charge is 2.24. The molecule has 0 aliphatic rings. The first kappa shape index (κ1) is 17.1. The van der Waals surface area contributed by atoms with Crippen molar-refractivity contribution in [3.05, 3.63) is 53.6 Å². The van der Waals surface area contributed by atoms with E-state index in [1.54, 1.807) is 0 Å². The van der Waals surface area contributed by atoms with Crippen LogP contribution in [0.2, 0.25) is 0 Å². The summed E-state index contributed by atoms with van der Waals surface area (Å²) in [6.07, 6.45) is -0.680. The van der Waals surface area contributed by atoms with Gasteiger partial charge in [-0.3, -0.25) is 0 Å². The molecule has 5 nitrogen and oxygen atoms in total. The van der Waals surface area contributed by atoms with E-state index in [1.807, 2.05) is 30.3 Å². The van der Waals surface area contributed by atoms with E-state index in [2.05, 4.69) is 0 Å². The van der Waals surface area contributed by atoms with Crippen LogP contribution < -0.4 is 5.73 Å². The van der Waals surface area contributed by atoms with Gasteiger partial charge in [0.1, 0.15) is 17.2 Å². The van der Waals surface area contributed by atoms with E-state index in [0.29, 0.717) is 6.42 Å². The van der Waals surface area contributed by atoms with Crippen LogP contribution in [0.5, 0.6) is 17.2 Å². The third kappa shape index (κ3) is 4.01. The van der Waals surface area contributed by atoms with Gasteiger partial charge in [-0.15, -0.1) is 12.4 Å². The van der Waals surface area contributed by atoms with Crippen molar-refractivity contribution in [1.82, 2.24) is 0 Å². The van der Waals surface area contributed by atoms with Crippen molar-refractivity contribution >= 4 is 12.4 Å². The predicted octanol–water partition coefficient (Wildman–Crippen LogP) is 1.83. The van der Waals surface area contributed by atoms with E-state index in [-0.39, 0.29) is 35.2 Å². The Balaban J connectivity index is 0.00000220. The van der Waals surface area contributed by atoms with Gasteiger partial charge in [0, 0.05) is 18.6 Å². The van der Waals surface area contributed by atoms with Gasteiger partial charge in [0.15, 0.2) is 0 Å². The number of halogens is 1. The summed E-state index contributed by atoms with van der Waals surface area (Å²) >= 11 is 0. The topological polar surface area (TPSA) is 107 Å². The molecule has 6 N–H and O–H groups in total. The highest BCUT2D eigenvalue weighted by Crippen LogP contribution is 2.37. The fraction of sp³-hybridized carbons (Fsp3) is 0.200. The molecule has 114 valence electrons. The number of aliphatic hydroxyl groups is 1. The number of benzene rings is 2.